The Labute approximate surface area is 192 Å². The standard InChI is InChI=1S/C24H18BrFN2O4/c1-32-19-9-6-16(11-18(19)25)22(29)20-21(15-4-7-17(26)8-5-15)28(24(31)23(20)30)13-14-3-2-10-27-12-14/h2-12,21,29H,13H2,1H3/b22-20-. The lowest BCUT2D eigenvalue weighted by Gasteiger charge is -2.25. The first-order chi connectivity index (χ1) is 15.4. The van der Waals surface area contributed by atoms with Gasteiger partial charge in [0.25, 0.3) is 11.7 Å². The number of rotatable bonds is 5. The summed E-state index contributed by atoms with van der Waals surface area (Å²) in [5.41, 5.74) is 1.49. The number of likely N-dealkylation sites (tertiary alicyclic amines) is 1. The lowest BCUT2D eigenvalue weighted by Crippen LogP contribution is -2.29. The number of ether oxygens (including phenoxy) is 1. The number of aliphatic hydroxyl groups excluding tert-OH is 1. The molecule has 1 aliphatic heterocycles. The molecule has 8 heteroatoms. The zero-order valence-electron chi connectivity index (χ0n) is 17.0. The lowest BCUT2D eigenvalue weighted by molar-refractivity contribution is -0.140. The summed E-state index contributed by atoms with van der Waals surface area (Å²) in [5, 5.41) is 11.1. The number of aliphatic hydroxyl groups is 1. The van der Waals surface area contributed by atoms with Crippen LogP contribution in [0.1, 0.15) is 22.7 Å². The number of pyridine rings is 1. The van der Waals surface area contributed by atoms with Crippen LogP contribution in [-0.4, -0.2) is 33.8 Å². The number of halogens is 2. The van der Waals surface area contributed by atoms with E-state index in [4.69, 9.17) is 4.74 Å². The molecule has 162 valence electrons. The third-order valence-corrected chi connectivity index (χ3v) is 5.85. The summed E-state index contributed by atoms with van der Waals surface area (Å²) in [6, 6.07) is 13.0. The second-order valence-corrected chi connectivity index (χ2v) is 8.04. The van der Waals surface area contributed by atoms with Crippen molar-refractivity contribution in [1.82, 2.24) is 9.88 Å². The Morgan fingerprint density at radius 3 is 2.56 bits per heavy atom. The first kappa shape index (κ1) is 21.7. The van der Waals surface area contributed by atoms with Gasteiger partial charge in [-0.3, -0.25) is 14.6 Å². The summed E-state index contributed by atoms with van der Waals surface area (Å²) < 4.78 is 19.4. The van der Waals surface area contributed by atoms with Crippen LogP contribution in [0.15, 0.2) is 77.0 Å². The van der Waals surface area contributed by atoms with Gasteiger partial charge in [0.2, 0.25) is 0 Å². The van der Waals surface area contributed by atoms with E-state index in [0.717, 1.165) is 0 Å². The third-order valence-electron chi connectivity index (χ3n) is 5.23. The maximum Gasteiger partial charge on any atom is 0.295 e. The van der Waals surface area contributed by atoms with E-state index in [0.29, 0.717) is 26.9 Å². The fourth-order valence-electron chi connectivity index (χ4n) is 3.69. The highest BCUT2D eigenvalue weighted by Crippen LogP contribution is 2.41. The van der Waals surface area contributed by atoms with Crippen LogP contribution in [-0.2, 0) is 16.1 Å². The molecule has 1 atom stereocenters. The van der Waals surface area contributed by atoms with Crippen molar-refractivity contribution in [3.05, 3.63) is 99.5 Å². The molecule has 1 aromatic heterocycles. The monoisotopic (exact) mass is 496 g/mol. The maximum absolute atomic E-state index is 13.6. The van der Waals surface area contributed by atoms with Crippen molar-refractivity contribution in [2.24, 2.45) is 0 Å². The van der Waals surface area contributed by atoms with Gasteiger partial charge < -0.3 is 14.7 Å². The van der Waals surface area contributed by atoms with Gasteiger partial charge in [-0.05, 0) is 63.5 Å². The molecule has 6 nitrogen and oxygen atoms in total. The molecule has 1 unspecified atom stereocenters. The van der Waals surface area contributed by atoms with Gasteiger partial charge in [0.1, 0.15) is 17.3 Å². The normalized spacial score (nSPS) is 17.6. The Morgan fingerprint density at radius 1 is 1.19 bits per heavy atom. The number of methoxy groups -OCH3 is 1. The van der Waals surface area contributed by atoms with Crippen molar-refractivity contribution >= 4 is 33.4 Å². The summed E-state index contributed by atoms with van der Waals surface area (Å²) in [5.74, 6) is -1.79. The number of aromatic nitrogens is 1. The number of ketones is 1. The number of hydrogen-bond donors (Lipinski definition) is 1. The second kappa shape index (κ2) is 8.92. The molecule has 1 amide bonds. The molecule has 2 aromatic carbocycles. The van der Waals surface area contributed by atoms with Gasteiger partial charge in [-0.1, -0.05) is 18.2 Å². The molecule has 1 aliphatic rings. The summed E-state index contributed by atoms with van der Waals surface area (Å²) in [4.78, 5) is 31.4. The van der Waals surface area contributed by atoms with Crippen molar-refractivity contribution in [3.63, 3.8) is 0 Å². The van der Waals surface area contributed by atoms with Crippen LogP contribution in [0.5, 0.6) is 5.75 Å². The molecule has 0 saturated carbocycles. The molecule has 4 rings (SSSR count). The zero-order chi connectivity index (χ0) is 22.8. The van der Waals surface area contributed by atoms with Crippen LogP contribution in [0.2, 0.25) is 0 Å². The van der Waals surface area contributed by atoms with Crippen molar-refractivity contribution < 1.29 is 23.8 Å². The lowest BCUT2D eigenvalue weighted by atomic mass is 9.95. The fraction of sp³-hybridized carbons (Fsp3) is 0.125. The number of carbonyl (C=O) groups excluding carboxylic acids is 2. The Balaban J connectivity index is 1.86. The summed E-state index contributed by atoms with van der Waals surface area (Å²) in [6.45, 7) is 0.101. The zero-order valence-corrected chi connectivity index (χ0v) is 18.5. The van der Waals surface area contributed by atoms with E-state index in [-0.39, 0.29) is 17.9 Å². The van der Waals surface area contributed by atoms with Gasteiger partial charge in [0.15, 0.2) is 0 Å². The Morgan fingerprint density at radius 2 is 1.94 bits per heavy atom. The third kappa shape index (κ3) is 4.01. The highest BCUT2D eigenvalue weighted by atomic mass is 79.9. The number of benzene rings is 2. The van der Waals surface area contributed by atoms with Crippen molar-refractivity contribution in [2.75, 3.05) is 7.11 Å². The molecular weight excluding hydrogens is 479 g/mol. The summed E-state index contributed by atoms with van der Waals surface area (Å²) in [7, 11) is 1.51. The molecule has 2 heterocycles. The number of amides is 1. The molecule has 1 fully saturated rings. The fourth-order valence-corrected chi connectivity index (χ4v) is 4.23. The maximum atomic E-state index is 13.6. The van der Waals surface area contributed by atoms with Gasteiger partial charge in [-0.25, -0.2) is 4.39 Å². The number of Topliss-reactive ketones (excluding diaryl/α,β-unsaturated/α-hetero) is 1. The Hall–Kier alpha value is -3.52. The number of hydrogen-bond acceptors (Lipinski definition) is 5. The molecule has 1 N–H and O–H groups in total. The molecule has 3 aromatic rings. The van der Waals surface area contributed by atoms with E-state index in [1.165, 1.54) is 36.3 Å². The average molecular weight is 497 g/mol. The van der Waals surface area contributed by atoms with Crippen LogP contribution in [0, 0.1) is 5.82 Å². The Bertz CT molecular complexity index is 1210. The van der Waals surface area contributed by atoms with Crippen molar-refractivity contribution in [2.45, 2.75) is 12.6 Å². The first-order valence-corrected chi connectivity index (χ1v) is 10.5. The SMILES string of the molecule is COc1ccc(/C(O)=C2/C(=O)C(=O)N(Cc3cccnc3)C2c2ccc(F)cc2)cc1Br. The highest BCUT2D eigenvalue weighted by Gasteiger charge is 2.46. The molecule has 32 heavy (non-hydrogen) atoms. The predicted molar refractivity (Wildman–Crippen MR) is 119 cm³/mol. The van der Waals surface area contributed by atoms with Gasteiger partial charge in [0, 0.05) is 24.5 Å². The van der Waals surface area contributed by atoms with Gasteiger partial charge in [-0.2, -0.15) is 0 Å². The van der Waals surface area contributed by atoms with Crippen LogP contribution in [0.4, 0.5) is 4.39 Å². The molecule has 1 saturated heterocycles. The molecule has 0 radical (unpaired) electrons. The van der Waals surface area contributed by atoms with E-state index < -0.39 is 23.5 Å². The first-order valence-electron chi connectivity index (χ1n) is 9.67. The minimum Gasteiger partial charge on any atom is -0.507 e. The van der Waals surface area contributed by atoms with Gasteiger partial charge >= 0.3 is 0 Å². The predicted octanol–water partition coefficient (Wildman–Crippen LogP) is 4.61. The molecule has 0 bridgehead atoms. The van der Waals surface area contributed by atoms with Crippen LogP contribution in [0.3, 0.4) is 0 Å². The van der Waals surface area contributed by atoms with Gasteiger partial charge in [0.05, 0.1) is 23.2 Å². The van der Waals surface area contributed by atoms with Crippen molar-refractivity contribution in [3.8, 4) is 5.75 Å². The van der Waals surface area contributed by atoms with Gasteiger partial charge in [-0.15, -0.1) is 0 Å². The second-order valence-electron chi connectivity index (χ2n) is 7.19. The quantitative estimate of drug-likeness (QED) is 0.317. The van der Waals surface area contributed by atoms with Crippen LogP contribution >= 0.6 is 15.9 Å². The summed E-state index contributed by atoms with van der Waals surface area (Å²) >= 11 is 3.37. The molecule has 0 aliphatic carbocycles. The van der Waals surface area contributed by atoms with E-state index in [1.807, 2.05) is 0 Å². The van der Waals surface area contributed by atoms with E-state index in [9.17, 15) is 19.1 Å². The minimum absolute atomic E-state index is 0.0671. The number of nitrogens with zero attached hydrogens (tertiary/aromatic N) is 2. The van der Waals surface area contributed by atoms with Crippen molar-refractivity contribution in [1.29, 1.82) is 0 Å². The van der Waals surface area contributed by atoms with Crippen LogP contribution < -0.4 is 4.74 Å². The Kier molecular flexibility index (Phi) is 6.05. The summed E-state index contributed by atoms with van der Waals surface area (Å²) in [6.07, 6.45) is 3.21. The minimum atomic E-state index is -0.892. The smallest absolute Gasteiger partial charge is 0.295 e. The topological polar surface area (TPSA) is 79.7 Å². The molecule has 0 spiro atoms. The van der Waals surface area contributed by atoms with E-state index in [1.54, 1.807) is 42.7 Å². The highest BCUT2D eigenvalue weighted by molar-refractivity contribution is 9.10. The van der Waals surface area contributed by atoms with Crippen LogP contribution in [0.25, 0.3) is 5.76 Å². The largest absolute Gasteiger partial charge is 0.507 e. The number of carbonyl (C=O) groups is 2. The van der Waals surface area contributed by atoms with E-state index >= 15 is 0 Å². The average Bonchev–Trinajstić information content (AvgIpc) is 3.04. The van der Waals surface area contributed by atoms with E-state index in [2.05, 4.69) is 20.9 Å². The molecular formula is C24H18BrFN2O4.